The predicted molar refractivity (Wildman–Crippen MR) is 120 cm³/mol. The Bertz CT molecular complexity index is 1090. The van der Waals surface area contributed by atoms with Crippen LogP contribution in [-0.4, -0.2) is 39.8 Å². The third-order valence-electron chi connectivity index (χ3n) is 4.54. The molecule has 0 saturated heterocycles. The Morgan fingerprint density at radius 3 is 2.32 bits per heavy atom. The highest BCUT2D eigenvalue weighted by atomic mass is 32.1. The molecule has 31 heavy (non-hydrogen) atoms. The first-order valence-electron chi connectivity index (χ1n) is 9.49. The van der Waals surface area contributed by atoms with E-state index in [1.165, 1.54) is 18.4 Å². The quantitative estimate of drug-likeness (QED) is 0.502. The summed E-state index contributed by atoms with van der Waals surface area (Å²) < 4.78 is 21.2. The molecule has 1 N–H and O–H groups in total. The average molecular weight is 442 g/mol. The van der Waals surface area contributed by atoms with Gasteiger partial charge in [-0.25, -0.2) is 4.79 Å². The Labute approximate surface area is 184 Å². The average Bonchev–Trinajstić information content (AvgIpc) is 3.22. The molecule has 0 spiro atoms. The standard InChI is InChI=1S/C23H23NO6S/c1-5-30-23(26)20-16(14-10-11-18(28-3)19(12-14)29-4)13-31-22(20)24-21(25)15-8-6-7-9-17(15)27-2/h6-13H,5H2,1-4H3,(H,24,25). The first kappa shape index (κ1) is 22.2. The van der Waals surface area contributed by atoms with Crippen molar-refractivity contribution in [2.75, 3.05) is 33.3 Å². The lowest BCUT2D eigenvalue weighted by Gasteiger charge is -2.12. The minimum absolute atomic E-state index is 0.208. The van der Waals surface area contributed by atoms with E-state index in [2.05, 4.69) is 5.32 Å². The van der Waals surface area contributed by atoms with E-state index in [0.29, 0.717) is 33.4 Å². The number of amides is 1. The van der Waals surface area contributed by atoms with Crippen LogP contribution in [0.4, 0.5) is 5.00 Å². The maximum absolute atomic E-state index is 12.9. The van der Waals surface area contributed by atoms with Crippen molar-refractivity contribution >= 4 is 28.2 Å². The van der Waals surface area contributed by atoms with Crippen molar-refractivity contribution in [1.29, 1.82) is 0 Å². The molecule has 1 heterocycles. The number of ether oxygens (including phenoxy) is 4. The lowest BCUT2D eigenvalue weighted by Crippen LogP contribution is -2.15. The molecule has 3 aromatic rings. The number of rotatable bonds is 8. The van der Waals surface area contributed by atoms with Gasteiger partial charge in [0.2, 0.25) is 0 Å². The molecule has 0 fully saturated rings. The van der Waals surface area contributed by atoms with E-state index in [-0.39, 0.29) is 18.1 Å². The highest BCUT2D eigenvalue weighted by Gasteiger charge is 2.24. The number of carbonyl (C=O) groups is 2. The first-order chi connectivity index (χ1) is 15.0. The zero-order valence-electron chi connectivity index (χ0n) is 17.7. The summed E-state index contributed by atoms with van der Waals surface area (Å²) in [6.07, 6.45) is 0. The van der Waals surface area contributed by atoms with Gasteiger partial charge in [-0.2, -0.15) is 0 Å². The Morgan fingerprint density at radius 2 is 1.65 bits per heavy atom. The highest BCUT2D eigenvalue weighted by Crippen LogP contribution is 2.40. The molecular formula is C23H23NO6S. The number of hydrogen-bond donors (Lipinski definition) is 1. The number of nitrogens with one attached hydrogen (secondary N) is 1. The molecule has 1 aromatic heterocycles. The third kappa shape index (κ3) is 4.64. The van der Waals surface area contributed by atoms with Gasteiger partial charge in [-0.05, 0) is 36.8 Å². The minimum Gasteiger partial charge on any atom is -0.496 e. The Kier molecular flexibility index (Phi) is 7.15. The van der Waals surface area contributed by atoms with E-state index in [1.807, 2.05) is 6.07 Å². The summed E-state index contributed by atoms with van der Waals surface area (Å²) in [6.45, 7) is 1.94. The van der Waals surface area contributed by atoms with Crippen LogP contribution in [0.1, 0.15) is 27.6 Å². The number of para-hydroxylation sites is 1. The van der Waals surface area contributed by atoms with Crippen LogP contribution in [0.3, 0.4) is 0 Å². The van der Waals surface area contributed by atoms with Crippen molar-refractivity contribution in [1.82, 2.24) is 0 Å². The summed E-state index contributed by atoms with van der Waals surface area (Å²) >= 11 is 1.24. The molecule has 0 radical (unpaired) electrons. The van der Waals surface area contributed by atoms with Crippen LogP contribution in [0.5, 0.6) is 17.2 Å². The van der Waals surface area contributed by atoms with Gasteiger partial charge in [0.05, 0.1) is 33.5 Å². The number of methoxy groups -OCH3 is 3. The summed E-state index contributed by atoms with van der Waals surface area (Å²) in [6, 6.07) is 12.2. The molecule has 0 bridgehead atoms. The summed E-state index contributed by atoms with van der Waals surface area (Å²) in [5.41, 5.74) is 2.00. The van der Waals surface area contributed by atoms with E-state index < -0.39 is 5.97 Å². The number of carbonyl (C=O) groups excluding carboxylic acids is 2. The molecule has 8 heteroatoms. The van der Waals surface area contributed by atoms with E-state index >= 15 is 0 Å². The smallest absolute Gasteiger partial charge is 0.341 e. The molecule has 3 rings (SSSR count). The summed E-state index contributed by atoms with van der Waals surface area (Å²) in [4.78, 5) is 25.7. The summed E-state index contributed by atoms with van der Waals surface area (Å²) in [5.74, 6) is 0.631. The van der Waals surface area contributed by atoms with Crippen LogP contribution in [0.25, 0.3) is 11.1 Å². The van der Waals surface area contributed by atoms with E-state index in [1.54, 1.807) is 62.9 Å². The highest BCUT2D eigenvalue weighted by molar-refractivity contribution is 7.15. The molecule has 2 aromatic carbocycles. The molecule has 0 atom stereocenters. The number of anilines is 1. The zero-order chi connectivity index (χ0) is 22.4. The molecule has 7 nitrogen and oxygen atoms in total. The maximum Gasteiger partial charge on any atom is 0.341 e. The van der Waals surface area contributed by atoms with Crippen molar-refractivity contribution in [2.45, 2.75) is 6.92 Å². The van der Waals surface area contributed by atoms with Crippen LogP contribution < -0.4 is 19.5 Å². The zero-order valence-corrected chi connectivity index (χ0v) is 18.5. The predicted octanol–water partition coefficient (Wildman–Crippen LogP) is 4.87. The molecular weight excluding hydrogens is 418 g/mol. The largest absolute Gasteiger partial charge is 0.496 e. The van der Waals surface area contributed by atoms with Gasteiger partial charge in [-0.1, -0.05) is 18.2 Å². The van der Waals surface area contributed by atoms with Crippen LogP contribution >= 0.6 is 11.3 Å². The second-order valence-corrected chi connectivity index (χ2v) is 7.18. The summed E-state index contributed by atoms with van der Waals surface area (Å²) in [7, 11) is 4.59. The lowest BCUT2D eigenvalue weighted by molar-refractivity contribution is 0.0529. The molecule has 1 amide bonds. The Hall–Kier alpha value is -3.52. The van der Waals surface area contributed by atoms with Gasteiger partial charge in [-0.15, -0.1) is 11.3 Å². The third-order valence-corrected chi connectivity index (χ3v) is 5.44. The van der Waals surface area contributed by atoms with Gasteiger partial charge in [-0.3, -0.25) is 4.79 Å². The van der Waals surface area contributed by atoms with Crippen LogP contribution in [-0.2, 0) is 4.74 Å². The fraction of sp³-hybridized carbons (Fsp3) is 0.217. The molecule has 0 aliphatic carbocycles. The van der Waals surface area contributed by atoms with Crippen molar-refractivity contribution in [3.63, 3.8) is 0 Å². The van der Waals surface area contributed by atoms with Crippen LogP contribution in [0, 0.1) is 0 Å². The summed E-state index contributed by atoms with van der Waals surface area (Å²) in [5, 5.41) is 5.01. The van der Waals surface area contributed by atoms with Crippen molar-refractivity contribution in [3.8, 4) is 28.4 Å². The number of benzene rings is 2. The fourth-order valence-corrected chi connectivity index (χ4v) is 4.03. The molecule has 0 unspecified atom stereocenters. The van der Waals surface area contributed by atoms with Gasteiger partial charge in [0.15, 0.2) is 11.5 Å². The molecule has 0 saturated carbocycles. The van der Waals surface area contributed by atoms with Crippen LogP contribution in [0.2, 0.25) is 0 Å². The molecule has 162 valence electrons. The number of hydrogen-bond acceptors (Lipinski definition) is 7. The van der Waals surface area contributed by atoms with Gasteiger partial charge in [0, 0.05) is 10.9 Å². The first-order valence-corrected chi connectivity index (χ1v) is 10.4. The Balaban J connectivity index is 2.04. The fourth-order valence-electron chi connectivity index (χ4n) is 3.07. The second-order valence-electron chi connectivity index (χ2n) is 6.30. The normalized spacial score (nSPS) is 10.3. The minimum atomic E-state index is -0.524. The van der Waals surface area contributed by atoms with Crippen molar-refractivity contribution < 1.29 is 28.5 Å². The maximum atomic E-state index is 12.9. The van der Waals surface area contributed by atoms with E-state index in [9.17, 15) is 9.59 Å². The lowest BCUT2D eigenvalue weighted by atomic mass is 10.0. The van der Waals surface area contributed by atoms with Crippen molar-refractivity contribution in [2.24, 2.45) is 0 Å². The van der Waals surface area contributed by atoms with E-state index in [0.717, 1.165) is 5.56 Å². The van der Waals surface area contributed by atoms with Gasteiger partial charge in [0.1, 0.15) is 16.3 Å². The number of thiophene rings is 1. The Morgan fingerprint density at radius 1 is 0.935 bits per heavy atom. The monoisotopic (exact) mass is 441 g/mol. The SMILES string of the molecule is CCOC(=O)c1c(-c2ccc(OC)c(OC)c2)csc1NC(=O)c1ccccc1OC. The van der Waals surface area contributed by atoms with Gasteiger partial charge < -0.3 is 24.3 Å². The molecule has 0 aliphatic heterocycles. The second kappa shape index (κ2) is 9.99. The van der Waals surface area contributed by atoms with Crippen LogP contribution in [0.15, 0.2) is 47.8 Å². The van der Waals surface area contributed by atoms with Gasteiger partial charge in [0.25, 0.3) is 5.91 Å². The number of esters is 1. The van der Waals surface area contributed by atoms with Gasteiger partial charge >= 0.3 is 5.97 Å². The van der Waals surface area contributed by atoms with Crippen molar-refractivity contribution in [3.05, 3.63) is 59.0 Å². The topological polar surface area (TPSA) is 83.1 Å². The molecule has 0 aliphatic rings. The van der Waals surface area contributed by atoms with E-state index in [4.69, 9.17) is 18.9 Å².